The third-order valence-electron chi connectivity index (χ3n) is 4.05. The van der Waals surface area contributed by atoms with Crippen LogP contribution in [0.1, 0.15) is 25.5 Å². The van der Waals surface area contributed by atoms with Crippen molar-refractivity contribution in [3.05, 3.63) is 42.4 Å². The molecule has 0 bridgehead atoms. The molecule has 5 nitrogen and oxygen atoms in total. The average Bonchev–Trinajstić information content (AvgIpc) is 2.55. The van der Waals surface area contributed by atoms with E-state index >= 15 is 0 Å². The lowest BCUT2D eigenvalue weighted by Gasteiger charge is -2.24. The Morgan fingerprint density at radius 2 is 2.05 bits per heavy atom. The molecule has 3 rings (SSSR count). The minimum absolute atomic E-state index is 0.0929. The largest absolute Gasteiger partial charge is 0.388 e. The monoisotopic (exact) mass is 297 g/mol. The van der Waals surface area contributed by atoms with Crippen LogP contribution in [0.4, 0.5) is 0 Å². The van der Waals surface area contributed by atoms with Crippen LogP contribution in [-0.2, 0) is 0 Å². The lowest BCUT2D eigenvalue weighted by molar-refractivity contribution is 0.420. The number of fused-ring (bicyclic) bond motifs is 1. The quantitative estimate of drug-likeness (QED) is 0.800. The van der Waals surface area contributed by atoms with Crippen molar-refractivity contribution >= 4 is 16.6 Å². The molecule has 1 saturated heterocycles. The first kappa shape index (κ1) is 14.9. The molecule has 1 fully saturated rings. The molecule has 0 radical (unpaired) electrons. The van der Waals surface area contributed by atoms with E-state index in [1.54, 1.807) is 0 Å². The van der Waals surface area contributed by atoms with Gasteiger partial charge in [0.1, 0.15) is 0 Å². The van der Waals surface area contributed by atoms with E-state index in [1.165, 1.54) is 0 Å². The van der Waals surface area contributed by atoms with Crippen LogP contribution in [-0.4, -0.2) is 35.1 Å². The minimum atomic E-state index is -0.0929. The van der Waals surface area contributed by atoms with Crippen LogP contribution in [0.15, 0.2) is 36.7 Å². The number of benzene rings is 1. The third kappa shape index (κ3) is 3.43. The number of piperidine rings is 1. The van der Waals surface area contributed by atoms with Crippen LogP contribution in [0.25, 0.3) is 16.6 Å². The van der Waals surface area contributed by atoms with Gasteiger partial charge in [0.2, 0.25) is 0 Å². The number of aromatic nitrogens is 2. The molecule has 1 aromatic carbocycles. The Morgan fingerprint density at radius 3 is 2.77 bits per heavy atom. The summed E-state index contributed by atoms with van der Waals surface area (Å²) in [6, 6.07) is 8.30. The number of para-hydroxylation sites is 2. The minimum Gasteiger partial charge on any atom is -0.388 e. The van der Waals surface area contributed by atoms with Gasteiger partial charge in [-0.1, -0.05) is 12.1 Å². The summed E-state index contributed by atoms with van der Waals surface area (Å²) in [5, 5.41) is 6.87. The van der Waals surface area contributed by atoms with Gasteiger partial charge in [-0.3, -0.25) is 4.98 Å². The molecule has 0 amide bonds. The number of nitrogens with zero attached hydrogens (tertiary/aromatic N) is 2. The molecule has 0 saturated carbocycles. The normalized spacial score (nSPS) is 18.4. The first-order chi connectivity index (χ1) is 10.7. The van der Waals surface area contributed by atoms with Crippen molar-refractivity contribution in [3.63, 3.8) is 0 Å². The molecule has 0 spiro atoms. The molecule has 22 heavy (non-hydrogen) atoms. The van der Waals surface area contributed by atoms with E-state index in [-0.39, 0.29) is 6.04 Å². The zero-order valence-corrected chi connectivity index (χ0v) is 12.9. The summed E-state index contributed by atoms with van der Waals surface area (Å²) in [4.78, 5) is 9.18. The van der Waals surface area contributed by atoms with Gasteiger partial charge < -0.3 is 16.4 Å². The van der Waals surface area contributed by atoms with E-state index in [2.05, 4.69) is 15.6 Å². The van der Waals surface area contributed by atoms with Crippen molar-refractivity contribution in [1.82, 2.24) is 20.6 Å². The van der Waals surface area contributed by atoms with E-state index in [4.69, 9.17) is 10.7 Å². The van der Waals surface area contributed by atoms with Crippen LogP contribution < -0.4 is 16.4 Å². The maximum absolute atomic E-state index is 6.14. The number of nitrogens with one attached hydrogen (secondary N) is 2. The first-order valence-electron chi connectivity index (χ1n) is 7.88. The standard InChI is InChI=1S/C17H23N5/c1-12(18)14(10-20-13-6-8-19-9-7-13)17-11-21-15-4-2-3-5-16(15)22-17/h2-5,10-13,19-20H,6-9,18H2,1H3/b14-10+. The van der Waals surface area contributed by atoms with Crippen molar-refractivity contribution in [1.29, 1.82) is 0 Å². The maximum Gasteiger partial charge on any atom is 0.0894 e. The van der Waals surface area contributed by atoms with Crippen molar-refractivity contribution in [3.8, 4) is 0 Å². The molecule has 4 N–H and O–H groups in total. The van der Waals surface area contributed by atoms with Crippen LogP contribution in [0.3, 0.4) is 0 Å². The molecule has 5 heteroatoms. The van der Waals surface area contributed by atoms with Crippen LogP contribution in [0, 0.1) is 0 Å². The molecule has 2 heterocycles. The Bertz CT molecular complexity index is 659. The summed E-state index contributed by atoms with van der Waals surface area (Å²) in [6.07, 6.45) is 6.10. The Labute approximate surface area is 131 Å². The molecule has 116 valence electrons. The summed E-state index contributed by atoms with van der Waals surface area (Å²) in [5.41, 5.74) is 9.78. The van der Waals surface area contributed by atoms with Crippen molar-refractivity contribution in [2.24, 2.45) is 5.73 Å². The van der Waals surface area contributed by atoms with Gasteiger partial charge in [-0.05, 0) is 45.0 Å². The fraction of sp³-hybridized carbons (Fsp3) is 0.412. The highest BCUT2D eigenvalue weighted by Gasteiger charge is 2.14. The Morgan fingerprint density at radius 1 is 1.32 bits per heavy atom. The molecular weight excluding hydrogens is 274 g/mol. The van der Waals surface area contributed by atoms with Crippen LogP contribution >= 0.6 is 0 Å². The molecule has 1 aliphatic rings. The zero-order chi connectivity index (χ0) is 15.4. The lowest BCUT2D eigenvalue weighted by Crippen LogP contribution is -2.38. The number of hydrogen-bond acceptors (Lipinski definition) is 5. The van der Waals surface area contributed by atoms with Crippen molar-refractivity contribution in [2.75, 3.05) is 13.1 Å². The summed E-state index contributed by atoms with van der Waals surface area (Å²) >= 11 is 0. The van der Waals surface area contributed by atoms with E-state index in [1.807, 2.05) is 43.6 Å². The molecule has 1 atom stereocenters. The maximum atomic E-state index is 6.14. The summed E-state index contributed by atoms with van der Waals surface area (Å²) < 4.78 is 0. The number of nitrogens with two attached hydrogens (primary N) is 1. The SMILES string of the molecule is CC(N)/C(=C\NC1CCNCC1)c1cnc2ccccc2n1. The second-order valence-corrected chi connectivity index (χ2v) is 5.82. The van der Waals surface area contributed by atoms with E-state index in [0.717, 1.165) is 48.2 Å². The molecule has 2 aromatic rings. The van der Waals surface area contributed by atoms with Gasteiger partial charge in [0.15, 0.2) is 0 Å². The predicted molar refractivity (Wildman–Crippen MR) is 90.2 cm³/mol. The average molecular weight is 297 g/mol. The second kappa shape index (κ2) is 6.85. The highest BCUT2D eigenvalue weighted by atomic mass is 15.0. The van der Waals surface area contributed by atoms with E-state index in [0.29, 0.717) is 6.04 Å². The Balaban J connectivity index is 1.85. The summed E-state index contributed by atoms with van der Waals surface area (Å²) in [5.74, 6) is 0. The van der Waals surface area contributed by atoms with Gasteiger partial charge >= 0.3 is 0 Å². The van der Waals surface area contributed by atoms with Gasteiger partial charge in [-0.15, -0.1) is 0 Å². The van der Waals surface area contributed by atoms with Crippen molar-refractivity contribution in [2.45, 2.75) is 31.8 Å². The van der Waals surface area contributed by atoms with Crippen molar-refractivity contribution < 1.29 is 0 Å². The van der Waals surface area contributed by atoms with Gasteiger partial charge in [-0.2, -0.15) is 0 Å². The molecule has 0 aliphatic carbocycles. The molecule has 1 unspecified atom stereocenters. The topological polar surface area (TPSA) is 75.9 Å². The van der Waals surface area contributed by atoms with E-state index < -0.39 is 0 Å². The van der Waals surface area contributed by atoms with Crippen LogP contribution in [0.2, 0.25) is 0 Å². The Kier molecular flexibility index (Phi) is 4.65. The smallest absolute Gasteiger partial charge is 0.0894 e. The van der Waals surface area contributed by atoms with Gasteiger partial charge in [0.05, 0.1) is 22.9 Å². The highest BCUT2D eigenvalue weighted by Crippen LogP contribution is 2.17. The van der Waals surface area contributed by atoms with Gasteiger partial charge in [0.25, 0.3) is 0 Å². The first-order valence-corrected chi connectivity index (χ1v) is 7.88. The zero-order valence-electron chi connectivity index (χ0n) is 12.9. The Hall–Kier alpha value is -1.98. The number of rotatable bonds is 4. The fourth-order valence-electron chi connectivity index (χ4n) is 2.73. The third-order valence-corrected chi connectivity index (χ3v) is 4.05. The van der Waals surface area contributed by atoms with E-state index in [9.17, 15) is 0 Å². The lowest BCUT2D eigenvalue weighted by atomic mass is 10.0. The van der Waals surface area contributed by atoms with Crippen LogP contribution in [0.5, 0.6) is 0 Å². The highest BCUT2D eigenvalue weighted by molar-refractivity contribution is 5.77. The predicted octanol–water partition coefficient (Wildman–Crippen LogP) is 1.66. The molecule has 1 aromatic heterocycles. The second-order valence-electron chi connectivity index (χ2n) is 5.82. The molecule has 1 aliphatic heterocycles. The number of hydrogen-bond donors (Lipinski definition) is 3. The summed E-state index contributed by atoms with van der Waals surface area (Å²) in [7, 11) is 0. The van der Waals surface area contributed by atoms with Gasteiger partial charge in [-0.25, -0.2) is 4.98 Å². The summed E-state index contributed by atoms with van der Waals surface area (Å²) in [6.45, 7) is 4.11. The fourth-order valence-corrected chi connectivity index (χ4v) is 2.73. The van der Waals surface area contributed by atoms with Gasteiger partial charge in [0, 0.05) is 23.9 Å². The molecular formula is C17H23N5.